The van der Waals surface area contributed by atoms with Gasteiger partial charge in [-0.2, -0.15) is 0 Å². The zero-order chi connectivity index (χ0) is 12.4. The maximum Gasteiger partial charge on any atom is 0.231 e. The number of hydrogen-bond acceptors (Lipinski definition) is 5. The van der Waals surface area contributed by atoms with Gasteiger partial charge in [0.15, 0.2) is 0 Å². The van der Waals surface area contributed by atoms with Crippen molar-refractivity contribution in [2.75, 3.05) is 5.73 Å². The van der Waals surface area contributed by atoms with Crippen LogP contribution in [0.15, 0.2) is 58.8 Å². The molecule has 2 N–H and O–H groups in total. The Kier molecular flexibility index (Phi) is 2.74. The second-order valence-corrected chi connectivity index (χ2v) is 4.76. The Labute approximate surface area is 108 Å². The average molecular weight is 254 g/mol. The van der Waals surface area contributed by atoms with Gasteiger partial charge in [0.2, 0.25) is 5.13 Å². The molecule has 88 valence electrons. The number of nitrogens with two attached hydrogens (primary N) is 1. The van der Waals surface area contributed by atoms with Crippen molar-refractivity contribution in [1.29, 1.82) is 0 Å². The Balaban J connectivity index is 1.89. The van der Waals surface area contributed by atoms with E-state index in [-0.39, 0.29) is 0 Å². The van der Waals surface area contributed by atoms with Crippen molar-refractivity contribution in [3.05, 3.63) is 48.5 Å². The summed E-state index contributed by atoms with van der Waals surface area (Å²) in [5, 5.41) is 8.93. The van der Waals surface area contributed by atoms with E-state index in [9.17, 15) is 0 Å². The van der Waals surface area contributed by atoms with Crippen LogP contribution in [-0.2, 0) is 0 Å². The van der Waals surface area contributed by atoms with Crippen molar-refractivity contribution in [1.82, 2.24) is 4.98 Å². The third-order valence-corrected chi connectivity index (χ3v) is 3.35. The molecule has 0 bridgehead atoms. The molecule has 0 radical (unpaired) electrons. The van der Waals surface area contributed by atoms with E-state index in [1.165, 1.54) is 11.3 Å². The third kappa shape index (κ3) is 2.21. The SMILES string of the molecule is Nc1ccc(N=Nc2nc3ccccc3s2)cc1. The molecule has 1 aromatic heterocycles. The molecular weight excluding hydrogens is 244 g/mol. The monoisotopic (exact) mass is 254 g/mol. The van der Waals surface area contributed by atoms with Crippen LogP contribution in [0.25, 0.3) is 10.2 Å². The highest BCUT2D eigenvalue weighted by atomic mass is 32.1. The molecule has 1 heterocycles. The minimum Gasteiger partial charge on any atom is -0.399 e. The van der Waals surface area contributed by atoms with E-state index >= 15 is 0 Å². The van der Waals surface area contributed by atoms with Crippen LogP contribution < -0.4 is 5.73 Å². The van der Waals surface area contributed by atoms with E-state index < -0.39 is 0 Å². The molecule has 3 rings (SSSR count). The number of azo groups is 1. The van der Waals surface area contributed by atoms with Gasteiger partial charge in [-0.3, -0.25) is 0 Å². The van der Waals surface area contributed by atoms with Crippen molar-refractivity contribution in [2.24, 2.45) is 10.2 Å². The standard InChI is InChI=1S/C13H10N4S/c14-9-5-7-10(8-6-9)16-17-13-15-11-3-1-2-4-12(11)18-13/h1-8H,14H2. The van der Waals surface area contributed by atoms with Crippen molar-refractivity contribution in [3.8, 4) is 0 Å². The number of hydrogen-bond donors (Lipinski definition) is 1. The number of anilines is 1. The topological polar surface area (TPSA) is 63.6 Å². The molecular formula is C13H10N4S. The molecule has 0 aliphatic rings. The number of nitrogens with zero attached hydrogens (tertiary/aromatic N) is 3. The van der Waals surface area contributed by atoms with Crippen molar-refractivity contribution in [3.63, 3.8) is 0 Å². The lowest BCUT2D eigenvalue weighted by atomic mass is 10.3. The second-order valence-electron chi connectivity index (χ2n) is 3.76. The summed E-state index contributed by atoms with van der Waals surface area (Å²) in [7, 11) is 0. The van der Waals surface area contributed by atoms with Crippen LogP contribution in [0.4, 0.5) is 16.5 Å². The summed E-state index contributed by atoms with van der Waals surface area (Å²) in [6, 6.07) is 15.2. The highest BCUT2D eigenvalue weighted by molar-refractivity contribution is 7.21. The lowest BCUT2D eigenvalue weighted by molar-refractivity contribution is 1.21. The van der Waals surface area contributed by atoms with Crippen molar-refractivity contribution < 1.29 is 0 Å². The van der Waals surface area contributed by atoms with Gasteiger partial charge in [-0.1, -0.05) is 23.5 Å². The van der Waals surface area contributed by atoms with Gasteiger partial charge in [-0.15, -0.1) is 10.2 Å². The molecule has 5 heteroatoms. The summed E-state index contributed by atoms with van der Waals surface area (Å²) in [6.07, 6.45) is 0. The van der Waals surface area contributed by atoms with Gasteiger partial charge < -0.3 is 5.73 Å². The highest BCUT2D eigenvalue weighted by Crippen LogP contribution is 2.29. The highest BCUT2D eigenvalue weighted by Gasteiger charge is 2.00. The first-order valence-corrected chi connectivity index (χ1v) is 6.26. The Morgan fingerprint density at radius 2 is 1.72 bits per heavy atom. The number of para-hydroxylation sites is 1. The summed E-state index contributed by atoms with van der Waals surface area (Å²) in [4.78, 5) is 4.38. The third-order valence-electron chi connectivity index (χ3n) is 2.43. The van der Waals surface area contributed by atoms with E-state index in [0.29, 0.717) is 10.8 Å². The van der Waals surface area contributed by atoms with Gasteiger partial charge in [-0.25, -0.2) is 4.98 Å². The molecule has 18 heavy (non-hydrogen) atoms. The number of thiazole rings is 1. The fourth-order valence-electron chi connectivity index (χ4n) is 1.54. The van der Waals surface area contributed by atoms with Gasteiger partial charge >= 0.3 is 0 Å². The molecule has 0 fully saturated rings. The molecule has 0 saturated carbocycles. The summed E-state index contributed by atoms with van der Waals surface area (Å²) in [5.41, 5.74) is 8.04. The molecule has 0 atom stereocenters. The lowest BCUT2D eigenvalue weighted by Crippen LogP contribution is -1.80. The Morgan fingerprint density at radius 1 is 0.944 bits per heavy atom. The Hall–Kier alpha value is -2.27. The maximum absolute atomic E-state index is 5.60. The molecule has 0 amide bonds. The predicted octanol–water partition coefficient (Wildman–Crippen LogP) is 4.29. The minimum atomic E-state index is 0.660. The molecule has 0 unspecified atom stereocenters. The van der Waals surface area contributed by atoms with Crippen LogP contribution in [0.2, 0.25) is 0 Å². The maximum atomic E-state index is 5.60. The quantitative estimate of drug-likeness (QED) is 0.547. The summed E-state index contributed by atoms with van der Waals surface area (Å²) in [5.74, 6) is 0. The van der Waals surface area contributed by atoms with Crippen LogP contribution in [0.3, 0.4) is 0 Å². The van der Waals surface area contributed by atoms with E-state index in [0.717, 1.165) is 15.9 Å². The summed E-state index contributed by atoms with van der Waals surface area (Å²) >= 11 is 1.52. The average Bonchev–Trinajstić information content (AvgIpc) is 2.81. The zero-order valence-electron chi connectivity index (χ0n) is 9.45. The van der Waals surface area contributed by atoms with E-state index in [2.05, 4.69) is 15.2 Å². The molecule has 2 aromatic carbocycles. The molecule has 3 aromatic rings. The Morgan fingerprint density at radius 3 is 2.50 bits per heavy atom. The van der Waals surface area contributed by atoms with Gasteiger partial charge in [0, 0.05) is 5.69 Å². The van der Waals surface area contributed by atoms with E-state index in [1.54, 1.807) is 12.1 Å². The summed E-state index contributed by atoms with van der Waals surface area (Å²) in [6.45, 7) is 0. The minimum absolute atomic E-state index is 0.660. The lowest BCUT2D eigenvalue weighted by Gasteiger charge is -1.92. The molecule has 0 spiro atoms. The van der Waals surface area contributed by atoms with Crippen LogP contribution in [0.5, 0.6) is 0 Å². The molecule has 0 saturated heterocycles. The van der Waals surface area contributed by atoms with Crippen molar-refractivity contribution in [2.45, 2.75) is 0 Å². The largest absolute Gasteiger partial charge is 0.399 e. The van der Waals surface area contributed by atoms with Crippen LogP contribution in [-0.4, -0.2) is 4.98 Å². The van der Waals surface area contributed by atoms with Crippen LogP contribution in [0.1, 0.15) is 0 Å². The molecule has 0 aliphatic heterocycles. The van der Waals surface area contributed by atoms with Gasteiger partial charge in [0.1, 0.15) is 0 Å². The number of aromatic nitrogens is 1. The van der Waals surface area contributed by atoms with Gasteiger partial charge in [0.05, 0.1) is 15.9 Å². The van der Waals surface area contributed by atoms with E-state index in [4.69, 9.17) is 5.73 Å². The number of benzene rings is 2. The fourth-order valence-corrected chi connectivity index (χ4v) is 2.33. The molecule has 0 aliphatic carbocycles. The van der Waals surface area contributed by atoms with Gasteiger partial charge in [0.25, 0.3) is 0 Å². The fraction of sp³-hybridized carbons (Fsp3) is 0. The zero-order valence-corrected chi connectivity index (χ0v) is 10.3. The van der Waals surface area contributed by atoms with Crippen LogP contribution in [0, 0.1) is 0 Å². The number of fused-ring (bicyclic) bond motifs is 1. The smallest absolute Gasteiger partial charge is 0.231 e. The first-order chi connectivity index (χ1) is 8.81. The first kappa shape index (κ1) is 10.9. The number of rotatable bonds is 2. The summed E-state index contributed by atoms with van der Waals surface area (Å²) < 4.78 is 1.11. The van der Waals surface area contributed by atoms with Crippen LogP contribution >= 0.6 is 11.3 Å². The normalized spacial score (nSPS) is 11.3. The number of nitrogen functional groups attached to an aromatic ring is 1. The second kappa shape index (κ2) is 4.54. The first-order valence-electron chi connectivity index (χ1n) is 5.44. The van der Waals surface area contributed by atoms with Gasteiger partial charge in [-0.05, 0) is 36.4 Å². The Bertz CT molecular complexity index is 667. The predicted molar refractivity (Wildman–Crippen MR) is 74.7 cm³/mol. The molecule has 4 nitrogen and oxygen atoms in total. The van der Waals surface area contributed by atoms with E-state index in [1.807, 2.05) is 36.4 Å². The van der Waals surface area contributed by atoms with Crippen molar-refractivity contribution >= 4 is 38.1 Å².